The van der Waals surface area contributed by atoms with Crippen LogP contribution in [-0.4, -0.2) is 19.1 Å². The minimum absolute atomic E-state index is 0.148. The van der Waals surface area contributed by atoms with E-state index in [1.54, 1.807) is 5.56 Å². The van der Waals surface area contributed by atoms with E-state index in [-0.39, 0.29) is 5.54 Å². The summed E-state index contributed by atoms with van der Waals surface area (Å²) < 4.78 is 0. The van der Waals surface area contributed by atoms with Gasteiger partial charge in [0.2, 0.25) is 0 Å². The molecule has 0 heterocycles. The molecule has 0 amide bonds. The number of benzene rings is 1. The van der Waals surface area contributed by atoms with E-state index in [9.17, 15) is 0 Å². The van der Waals surface area contributed by atoms with Crippen molar-refractivity contribution in [3.63, 3.8) is 0 Å². The minimum atomic E-state index is -0.148. The molecule has 2 rings (SSSR count). The molecule has 1 aliphatic rings. The van der Waals surface area contributed by atoms with Gasteiger partial charge in [-0.1, -0.05) is 6.07 Å². The monoisotopic (exact) mass is 232 g/mol. The summed E-state index contributed by atoms with van der Waals surface area (Å²) in [5.74, 6) is 0. The predicted molar refractivity (Wildman–Crippen MR) is 74.6 cm³/mol. The topological polar surface area (TPSA) is 29.3 Å². The Balaban J connectivity index is 2.16. The zero-order chi connectivity index (χ0) is 12.5. The summed E-state index contributed by atoms with van der Waals surface area (Å²) in [4.78, 5) is 2.26. The Morgan fingerprint density at radius 2 is 1.82 bits per heavy atom. The van der Waals surface area contributed by atoms with Gasteiger partial charge in [-0.2, -0.15) is 0 Å². The smallest absolute Gasteiger partial charge is 0.0367 e. The Morgan fingerprint density at radius 3 is 2.47 bits per heavy atom. The predicted octanol–water partition coefficient (Wildman–Crippen LogP) is 2.74. The van der Waals surface area contributed by atoms with Crippen LogP contribution in [0.15, 0.2) is 18.2 Å². The number of rotatable bonds is 3. The highest BCUT2D eigenvalue weighted by Gasteiger charge is 2.16. The third-order valence-electron chi connectivity index (χ3n) is 3.42. The first-order valence-corrected chi connectivity index (χ1v) is 6.57. The van der Waals surface area contributed by atoms with Crippen molar-refractivity contribution in [1.82, 2.24) is 0 Å². The van der Waals surface area contributed by atoms with Gasteiger partial charge in [-0.25, -0.2) is 0 Å². The maximum absolute atomic E-state index is 6.07. The highest BCUT2D eigenvalue weighted by molar-refractivity contribution is 5.51. The lowest BCUT2D eigenvalue weighted by molar-refractivity contribution is 0.519. The Morgan fingerprint density at radius 1 is 1.18 bits per heavy atom. The molecule has 1 aliphatic carbocycles. The van der Waals surface area contributed by atoms with Crippen LogP contribution in [-0.2, 0) is 12.8 Å². The molecule has 2 heteroatoms. The van der Waals surface area contributed by atoms with E-state index < -0.39 is 0 Å². The zero-order valence-corrected chi connectivity index (χ0v) is 11.3. The molecule has 2 N–H and O–H groups in total. The molecule has 17 heavy (non-hydrogen) atoms. The van der Waals surface area contributed by atoms with E-state index in [2.05, 4.69) is 44.0 Å². The number of fused-ring (bicyclic) bond motifs is 1. The van der Waals surface area contributed by atoms with Crippen LogP contribution >= 0.6 is 0 Å². The molecule has 0 saturated heterocycles. The number of likely N-dealkylation sites (N-methyl/N-ethyl adjacent to an activating group) is 1. The molecule has 0 saturated carbocycles. The van der Waals surface area contributed by atoms with Crippen LogP contribution in [0, 0.1) is 0 Å². The van der Waals surface area contributed by atoms with Crippen molar-refractivity contribution in [3.05, 3.63) is 29.3 Å². The molecule has 0 bridgehead atoms. The fraction of sp³-hybridized carbons (Fsp3) is 0.600. The normalized spacial score (nSPS) is 15.5. The SMILES string of the molecule is CN(CC(C)(C)N)c1ccc2c(c1)CCCC2. The highest BCUT2D eigenvalue weighted by atomic mass is 15.1. The lowest BCUT2D eigenvalue weighted by atomic mass is 9.91. The van der Waals surface area contributed by atoms with Gasteiger partial charge in [-0.3, -0.25) is 0 Å². The Labute approximate surface area is 105 Å². The van der Waals surface area contributed by atoms with Gasteiger partial charge in [-0.15, -0.1) is 0 Å². The maximum atomic E-state index is 6.07. The van der Waals surface area contributed by atoms with Crippen LogP contribution in [0.3, 0.4) is 0 Å². The summed E-state index contributed by atoms with van der Waals surface area (Å²) >= 11 is 0. The molecule has 1 aromatic carbocycles. The molecule has 1 aromatic rings. The fourth-order valence-corrected chi connectivity index (χ4v) is 2.66. The van der Waals surface area contributed by atoms with Crippen LogP contribution < -0.4 is 10.6 Å². The average molecular weight is 232 g/mol. The molecule has 0 aromatic heterocycles. The van der Waals surface area contributed by atoms with Gasteiger partial charge in [0.1, 0.15) is 0 Å². The summed E-state index contributed by atoms with van der Waals surface area (Å²) in [5, 5.41) is 0. The Hall–Kier alpha value is -1.02. The van der Waals surface area contributed by atoms with E-state index in [4.69, 9.17) is 5.73 Å². The Bertz CT molecular complexity index is 390. The maximum Gasteiger partial charge on any atom is 0.0367 e. The summed E-state index contributed by atoms with van der Waals surface area (Å²) in [6, 6.07) is 6.87. The molecule has 0 radical (unpaired) electrons. The third-order valence-corrected chi connectivity index (χ3v) is 3.42. The van der Waals surface area contributed by atoms with Crippen LogP contribution in [0.5, 0.6) is 0 Å². The molecule has 2 nitrogen and oxygen atoms in total. The molecule has 94 valence electrons. The van der Waals surface area contributed by atoms with Crippen molar-refractivity contribution >= 4 is 5.69 Å². The molecule has 0 unspecified atom stereocenters. The van der Waals surface area contributed by atoms with Gasteiger partial charge in [0, 0.05) is 24.8 Å². The number of hydrogen-bond acceptors (Lipinski definition) is 2. The number of nitrogens with two attached hydrogens (primary N) is 1. The van der Waals surface area contributed by atoms with Crippen molar-refractivity contribution in [2.75, 3.05) is 18.5 Å². The number of aryl methyl sites for hydroxylation is 2. The molecule has 0 spiro atoms. The van der Waals surface area contributed by atoms with E-state index >= 15 is 0 Å². The second-order valence-electron chi connectivity index (χ2n) is 6.00. The standard InChI is InChI=1S/C15H24N2/c1-15(2,16)11-17(3)14-9-8-12-6-4-5-7-13(12)10-14/h8-10H,4-7,11,16H2,1-3H3. The van der Waals surface area contributed by atoms with Crippen LogP contribution in [0.2, 0.25) is 0 Å². The summed E-state index contributed by atoms with van der Waals surface area (Å²) in [6.45, 7) is 5.02. The third kappa shape index (κ3) is 3.22. The van der Waals surface area contributed by atoms with Crippen molar-refractivity contribution in [2.24, 2.45) is 5.73 Å². The average Bonchev–Trinajstić information content (AvgIpc) is 2.26. The van der Waals surface area contributed by atoms with Gasteiger partial charge in [0.05, 0.1) is 0 Å². The molecule has 0 atom stereocenters. The van der Waals surface area contributed by atoms with E-state index in [1.807, 2.05) is 0 Å². The summed E-state index contributed by atoms with van der Waals surface area (Å²) in [6.07, 6.45) is 5.17. The second kappa shape index (κ2) is 4.69. The van der Waals surface area contributed by atoms with E-state index in [1.165, 1.54) is 36.9 Å². The lowest BCUT2D eigenvalue weighted by Gasteiger charge is -2.29. The van der Waals surface area contributed by atoms with E-state index in [0.29, 0.717) is 0 Å². The molecular weight excluding hydrogens is 208 g/mol. The quantitative estimate of drug-likeness (QED) is 0.868. The number of hydrogen-bond donors (Lipinski definition) is 1. The molecule has 0 aliphatic heterocycles. The van der Waals surface area contributed by atoms with Crippen molar-refractivity contribution in [3.8, 4) is 0 Å². The first-order valence-electron chi connectivity index (χ1n) is 6.57. The first-order chi connectivity index (χ1) is 7.96. The Kier molecular flexibility index (Phi) is 3.43. The van der Waals surface area contributed by atoms with Gasteiger partial charge in [-0.05, 0) is 62.8 Å². The van der Waals surface area contributed by atoms with Gasteiger partial charge >= 0.3 is 0 Å². The minimum Gasteiger partial charge on any atom is -0.373 e. The van der Waals surface area contributed by atoms with Crippen molar-refractivity contribution in [1.29, 1.82) is 0 Å². The largest absolute Gasteiger partial charge is 0.373 e. The second-order valence-corrected chi connectivity index (χ2v) is 6.00. The lowest BCUT2D eigenvalue weighted by Crippen LogP contribution is -2.44. The first kappa shape index (κ1) is 12.4. The van der Waals surface area contributed by atoms with E-state index in [0.717, 1.165) is 6.54 Å². The fourth-order valence-electron chi connectivity index (χ4n) is 2.66. The van der Waals surface area contributed by atoms with Crippen LogP contribution in [0.4, 0.5) is 5.69 Å². The van der Waals surface area contributed by atoms with Crippen molar-refractivity contribution in [2.45, 2.75) is 45.1 Å². The highest BCUT2D eigenvalue weighted by Crippen LogP contribution is 2.26. The summed E-state index contributed by atoms with van der Waals surface area (Å²) in [7, 11) is 2.12. The van der Waals surface area contributed by atoms with Crippen LogP contribution in [0.1, 0.15) is 37.8 Å². The molecule has 0 fully saturated rings. The van der Waals surface area contributed by atoms with Gasteiger partial charge < -0.3 is 10.6 Å². The zero-order valence-electron chi connectivity index (χ0n) is 11.3. The number of anilines is 1. The molecular formula is C15H24N2. The van der Waals surface area contributed by atoms with Gasteiger partial charge in [0.15, 0.2) is 0 Å². The number of nitrogens with zero attached hydrogens (tertiary/aromatic N) is 1. The van der Waals surface area contributed by atoms with Gasteiger partial charge in [0.25, 0.3) is 0 Å². The summed E-state index contributed by atoms with van der Waals surface area (Å²) in [5.41, 5.74) is 10.3. The van der Waals surface area contributed by atoms with Crippen molar-refractivity contribution < 1.29 is 0 Å². The van der Waals surface area contributed by atoms with Crippen LogP contribution in [0.25, 0.3) is 0 Å².